The van der Waals surface area contributed by atoms with Crippen molar-refractivity contribution in [3.63, 3.8) is 0 Å². The van der Waals surface area contributed by atoms with Gasteiger partial charge in [0.2, 0.25) is 0 Å². The van der Waals surface area contributed by atoms with Crippen molar-refractivity contribution in [3.8, 4) is 0 Å². The minimum atomic E-state index is -1.26. The molecule has 0 radical (unpaired) electrons. The first-order valence-corrected chi connectivity index (χ1v) is 6.14. The van der Waals surface area contributed by atoms with Crippen molar-refractivity contribution in [3.05, 3.63) is 0 Å². The van der Waals surface area contributed by atoms with E-state index >= 15 is 0 Å². The summed E-state index contributed by atoms with van der Waals surface area (Å²) in [5.74, 6) is -1.23. The fourth-order valence-corrected chi connectivity index (χ4v) is 1.88. The molecule has 0 aromatic carbocycles. The summed E-state index contributed by atoms with van der Waals surface area (Å²) in [6, 6.07) is -1.69. The quantitative estimate of drug-likeness (QED) is 0.612. The van der Waals surface area contributed by atoms with E-state index in [4.69, 9.17) is 5.11 Å². The highest BCUT2D eigenvalue weighted by molar-refractivity contribution is 5.83. The average Bonchev–Trinajstić information content (AvgIpc) is 2.35. The number of amides is 2. The number of carbonyl (C=O) groups is 2. The fraction of sp³-hybridized carbons (Fsp3) is 0.818. The zero-order valence-corrected chi connectivity index (χ0v) is 10.8. The van der Waals surface area contributed by atoms with Crippen LogP contribution in [0.5, 0.6) is 0 Å². The van der Waals surface area contributed by atoms with Gasteiger partial charge in [-0.15, -0.1) is 0 Å². The van der Waals surface area contributed by atoms with E-state index < -0.39 is 24.1 Å². The molecule has 0 bridgehead atoms. The minimum absolute atomic E-state index is 0.431. The van der Waals surface area contributed by atoms with Gasteiger partial charge in [0.25, 0.3) is 0 Å². The number of aliphatic hydroxyl groups is 1. The van der Waals surface area contributed by atoms with Gasteiger partial charge >= 0.3 is 12.0 Å². The predicted molar refractivity (Wildman–Crippen MR) is 65.3 cm³/mol. The van der Waals surface area contributed by atoms with Crippen LogP contribution in [0.4, 0.5) is 4.79 Å². The molecule has 0 aromatic rings. The maximum atomic E-state index is 11.8. The van der Waals surface area contributed by atoms with Crippen molar-refractivity contribution in [2.24, 2.45) is 0 Å². The Morgan fingerprint density at radius 3 is 2.22 bits per heavy atom. The summed E-state index contributed by atoms with van der Waals surface area (Å²) < 4.78 is 0. The molecule has 1 aliphatic rings. The van der Waals surface area contributed by atoms with Gasteiger partial charge in [0.05, 0.1) is 6.10 Å². The van der Waals surface area contributed by atoms with Crippen LogP contribution in [-0.2, 0) is 4.79 Å². The SMILES string of the molecule is CCN1CCN(C(=O)N[C@H](C(=O)O)[C@@H](C)O)CC1. The van der Waals surface area contributed by atoms with E-state index in [0.29, 0.717) is 13.1 Å². The van der Waals surface area contributed by atoms with Crippen LogP contribution < -0.4 is 5.32 Å². The molecule has 0 aliphatic carbocycles. The second kappa shape index (κ2) is 6.55. The van der Waals surface area contributed by atoms with E-state index in [1.807, 2.05) is 0 Å². The van der Waals surface area contributed by atoms with E-state index in [0.717, 1.165) is 19.6 Å². The van der Waals surface area contributed by atoms with Gasteiger partial charge in [-0.2, -0.15) is 0 Å². The van der Waals surface area contributed by atoms with Crippen molar-refractivity contribution in [1.29, 1.82) is 0 Å². The highest BCUT2D eigenvalue weighted by Gasteiger charge is 2.28. The second-order valence-corrected chi connectivity index (χ2v) is 4.43. The summed E-state index contributed by atoms with van der Waals surface area (Å²) >= 11 is 0. The van der Waals surface area contributed by atoms with E-state index in [1.54, 1.807) is 4.90 Å². The molecule has 7 heteroatoms. The van der Waals surface area contributed by atoms with Crippen molar-refractivity contribution in [2.75, 3.05) is 32.7 Å². The number of piperazine rings is 1. The zero-order valence-electron chi connectivity index (χ0n) is 10.8. The molecule has 0 unspecified atom stereocenters. The number of carboxylic acids is 1. The third-order valence-electron chi connectivity index (χ3n) is 3.13. The maximum Gasteiger partial charge on any atom is 0.328 e. The Morgan fingerprint density at radius 1 is 1.28 bits per heavy atom. The van der Waals surface area contributed by atoms with Crippen molar-refractivity contribution >= 4 is 12.0 Å². The van der Waals surface area contributed by atoms with E-state index in [9.17, 15) is 14.7 Å². The fourth-order valence-electron chi connectivity index (χ4n) is 1.88. The van der Waals surface area contributed by atoms with E-state index in [-0.39, 0.29) is 0 Å². The van der Waals surface area contributed by atoms with E-state index in [2.05, 4.69) is 17.1 Å². The molecule has 7 nitrogen and oxygen atoms in total. The highest BCUT2D eigenvalue weighted by atomic mass is 16.4. The molecule has 0 saturated carbocycles. The lowest BCUT2D eigenvalue weighted by molar-refractivity contribution is -0.141. The number of rotatable bonds is 4. The van der Waals surface area contributed by atoms with Gasteiger partial charge in [0, 0.05) is 26.2 Å². The number of hydrogen-bond acceptors (Lipinski definition) is 4. The number of carboxylic acid groups (broad SMARTS) is 1. The summed E-state index contributed by atoms with van der Waals surface area (Å²) in [7, 11) is 0. The lowest BCUT2D eigenvalue weighted by Crippen LogP contribution is -2.56. The second-order valence-electron chi connectivity index (χ2n) is 4.43. The lowest BCUT2D eigenvalue weighted by atomic mass is 10.2. The number of aliphatic carboxylic acids is 1. The Labute approximate surface area is 106 Å². The Bertz CT molecular complexity index is 301. The van der Waals surface area contributed by atoms with Crippen LogP contribution in [0.1, 0.15) is 13.8 Å². The number of nitrogens with zero attached hydrogens (tertiary/aromatic N) is 2. The predicted octanol–water partition coefficient (Wildman–Crippen LogP) is -0.832. The number of hydrogen-bond donors (Lipinski definition) is 3. The third-order valence-corrected chi connectivity index (χ3v) is 3.13. The topological polar surface area (TPSA) is 93.1 Å². The van der Waals surface area contributed by atoms with E-state index in [1.165, 1.54) is 6.92 Å². The molecule has 1 heterocycles. The van der Waals surface area contributed by atoms with Crippen LogP contribution in [0.25, 0.3) is 0 Å². The van der Waals surface area contributed by atoms with Crippen LogP contribution >= 0.6 is 0 Å². The molecule has 2 atom stereocenters. The van der Waals surface area contributed by atoms with Gasteiger partial charge < -0.3 is 25.3 Å². The summed E-state index contributed by atoms with van der Waals surface area (Å²) in [5.41, 5.74) is 0. The molecule has 1 fully saturated rings. The number of likely N-dealkylation sites (N-methyl/N-ethyl adjacent to an activating group) is 1. The normalized spacial score (nSPS) is 20.3. The molecule has 0 spiro atoms. The Hall–Kier alpha value is -1.34. The molecule has 1 saturated heterocycles. The average molecular weight is 259 g/mol. The first-order chi connectivity index (χ1) is 8.45. The van der Waals surface area contributed by atoms with Crippen LogP contribution in [0.15, 0.2) is 0 Å². The molecule has 1 rings (SSSR count). The lowest BCUT2D eigenvalue weighted by Gasteiger charge is -2.34. The molecular formula is C11H21N3O4. The number of aliphatic hydroxyl groups excluding tert-OH is 1. The minimum Gasteiger partial charge on any atom is -0.480 e. The largest absolute Gasteiger partial charge is 0.480 e. The number of nitrogens with one attached hydrogen (secondary N) is 1. The maximum absolute atomic E-state index is 11.8. The van der Waals surface area contributed by atoms with Crippen molar-refractivity contribution in [1.82, 2.24) is 15.1 Å². The molecule has 104 valence electrons. The molecule has 18 heavy (non-hydrogen) atoms. The molecular weight excluding hydrogens is 238 g/mol. The van der Waals surface area contributed by atoms with Crippen LogP contribution in [0.3, 0.4) is 0 Å². The molecule has 0 aromatic heterocycles. The van der Waals surface area contributed by atoms with Gasteiger partial charge in [0.1, 0.15) is 0 Å². The zero-order chi connectivity index (χ0) is 13.7. The van der Waals surface area contributed by atoms with Gasteiger partial charge in [-0.3, -0.25) is 0 Å². The van der Waals surface area contributed by atoms with Crippen molar-refractivity contribution in [2.45, 2.75) is 26.0 Å². The first kappa shape index (κ1) is 14.7. The summed E-state index contributed by atoms with van der Waals surface area (Å²) in [4.78, 5) is 26.5. The van der Waals surface area contributed by atoms with Gasteiger partial charge in [0.15, 0.2) is 6.04 Å². The van der Waals surface area contributed by atoms with Gasteiger partial charge in [-0.05, 0) is 13.5 Å². The Morgan fingerprint density at radius 2 is 1.83 bits per heavy atom. The molecule has 3 N–H and O–H groups in total. The van der Waals surface area contributed by atoms with Crippen molar-refractivity contribution < 1.29 is 19.8 Å². The van der Waals surface area contributed by atoms with Crippen LogP contribution in [0, 0.1) is 0 Å². The summed E-state index contributed by atoms with van der Waals surface area (Å²) in [6.07, 6.45) is -1.12. The van der Waals surface area contributed by atoms with Gasteiger partial charge in [-0.1, -0.05) is 6.92 Å². The van der Waals surface area contributed by atoms with Crippen LogP contribution in [-0.4, -0.2) is 76.9 Å². The number of carbonyl (C=O) groups excluding carboxylic acids is 1. The monoisotopic (exact) mass is 259 g/mol. The third kappa shape index (κ3) is 3.85. The smallest absolute Gasteiger partial charge is 0.328 e. The Balaban J connectivity index is 2.48. The summed E-state index contributed by atoms with van der Waals surface area (Å²) in [5, 5.41) is 20.5. The highest BCUT2D eigenvalue weighted by Crippen LogP contribution is 2.03. The number of urea groups is 1. The first-order valence-electron chi connectivity index (χ1n) is 6.14. The molecule has 1 aliphatic heterocycles. The standard InChI is InChI=1S/C11H21N3O4/c1-3-13-4-6-14(7-5-13)11(18)12-9(8(2)15)10(16)17/h8-9,15H,3-7H2,1-2H3,(H,12,18)(H,16,17)/t8-,9+/m1/s1. The van der Waals surface area contributed by atoms with Crippen LogP contribution in [0.2, 0.25) is 0 Å². The Kier molecular flexibility index (Phi) is 5.36. The molecule has 2 amide bonds. The summed E-state index contributed by atoms with van der Waals surface area (Å²) in [6.45, 7) is 7.07. The van der Waals surface area contributed by atoms with Gasteiger partial charge in [-0.25, -0.2) is 9.59 Å².